The smallest absolute Gasteiger partial charge is 0.127 e. The Morgan fingerprint density at radius 2 is 1.96 bits per heavy atom. The molecule has 3 aromatic rings. The molecule has 4 nitrogen and oxygen atoms in total. The summed E-state index contributed by atoms with van der Waals surface area (Å²) in [5.74, 6) is 0.910. The summed E-state index contributed by atoms with van der Waals surface area (Å²) in [6.07, 6.45) is 1.76. The third-order valence-electron chi connectivity index (χ3n) is 3.73. The molecule has 1 aromatic heterocycles. The molecule has 0 spiro atoms. The molecule has 23 heavy (non-hydrogen) atoms. The fourth-order valence-corrected chi connectivity index (χ4v) is 2.53. The summed E-state index contributed by atoms with van der Waals surface area (Å²) < 4.78 is 5.93. The number of nitrogens with one attached hydrogen (secondary N) is 2. The Bertz CT molecular complexity index is 766. The zero-order valence-corrected chi connectivity index (χ0v) is 13.5. The quantitative estimate of drug-likeness (QED) is 0.683. The molecular weight excluding hydrogens is 286 g/mol. The highest BCUT2D eigenvalue weighted by molar-refractivity contribution is 5.75. The second kappa shape index (κ2) is 7.11. The lowest BCUT2D eigenvalue weighted by atomic mass is 9.99. The maximum atomic E-state index is 5.93. The molecule has 0 radical (unpaired) electrons. The number of ether oxygens (including phenoxy) is 1. The third kappa shape index (κ3) is 3.60. The minimum atomic E-state index is 0.646. The van der Waals surface area contributed by atoms with E-state index in [4.69, 9.17) is 4.74 Å². The normalized spacial score (nSPS) is 10.7. The van der Waals surface area contributed by atoms with Gasteiger partial charge in [-0.15, -0.1) is 0 Å². The molecule has 3 rings (SSSR count). The zero-order valence-electron chi connectivity index (χ0n) is 13.5. The van der Waals surface area contributed by atoms with E-state index in [-0.39, 0.29) is 0 Å². The molecule has 0 bridgehead atoms. The molecule has 118 valence electrons. The second-order valence-electron chi connectivity index (χ2n) is 5.50. The molecule has 2 aromatic carbocycles. The Kier molecular flexibility index (Phi) is 4.74. The van der Waals surface area contributed by atoms with Crippen LogP contribution < -0.4 is 10.1 Å². The average molecular weight is 307 g/mol. The van der Waals surface area contributed by atoms with Crippen LogP contribution in [0.3, 0.4) is 0 Å². The van der Waals surface area contributed by atoms with Gasteiger partial charge < -0.3 is 10.1 Å². The number of hydrogen-bond acceptors (Lipinski definition) is 3. The first-order chi connectivity index (χ1) is 11.3. The van der Waals surface area contributed by atoms with Crippen LogP contribution in [-0.4, -0.2) is 30.4 Å². The maximum Gasteiger partial charge on any atom is 0.127 e. The van der Waals surface area contributed by atoms with Crippen LogP contribution in [0.5, 0.6) is 5.75 Å². The van der Waals surface area contributed by atoms with Gasteiger partial charge in [0.1, 0.15) is 12.4 Å². The minimum Gasteiger partial charge on any atom is -0.492 e. The van der Waals surface area contributed by atoms with Gasteiger partial charge in [-0.1, -0.05) is 29.8 Å². The fraction of sp³-hybridized carbons (Fsp3) is 0.211. The first-order valence-electron chi connectivity index (χ1n) is 7.76. The van der Waals surface area contributed by atoms with E-state index >= 15 is 0 Å². The number of aromatic amines is 1. The van der Waals surface area contributed by atoms with Gasteiger partial charge in [0.25, 0.3) is 0 Å². The molecular formula is C19H21N3O. The van der Waals surface area contributed by atoms with Crippen molar-refractivity contribution in [3.63, 3.8) is 0 Å². The van der Waals surface area contributed by atoms with Crippen LogP contribution in [-0.2, 0) is 0 Å². The Balaban J connectivity index is 1.97. The molecule has 1 heterocycles. The highest BCUT2D eigenvalue weighted by atomic mass is 16.5. The summed E-state index contributed by atoms with van der Waals surface area (Å²) in [5.41, 5.74) is 5.59. The predicted molar refractivity (Wildman–Crippen MR) is 93.6 cm³/mol. The lowest BCUT2D eigenvalue weighted by Crippen LogP contribution is -2.16. The van der Waals surface area contributed by atoms with Gasteiger partial charge in [-0.3, -0.25) is 5.10 Å². The van der Waals surface area contributed by atoms with Crippen molar-refractivity contribution in [2.45, 2.75) is 6.92 Å². The first-order valence-corrected chi connectivity index (χ1v) is 7.76. The Labute approximate surface area is 136 Å². The van der Waals surface area contributed by atoms with Gasteiger partial charge >= 0.3 is 0 Å². The highest BCUT2D eigenvalue weighted by Crippen LogP contribution is 2.33. The van der Waals surface area contributed by atoms with E-state index in [1.54, 1.807) is 6.20 Å². The fourth-order valence-electron chi connectivity index (χ4n) is 2.53. The molecule has 0 unspecified atom stereocenters. The van der Waals surface area contributed by atoms with Crippen LogP contribution in [0, 0.1) is 6.92 Å². The van der Waals surface area contributed by atoms with E-state index < -0.39 is 0 Å². The van der Waals surface area contributed by atoms with Crippen LogP contribution in [0.2, 0.25) is 0 Å². The summed E-state index contributed by atoms with van der Waals surface area (Å²) in [4.78, 5) is 0. The van der Waals surface area contributed by atoms with Crippen molar-refractivity contribution in [3.8, 4) is 28.1 Å². The van der Waals surface area contributed by atoms with Crippen LogP contribution in [0.1, 0.15) is 5.56 Å². The van der Waals surface area contributed by atoms with Crippen molar-refractivity contribution in [3.05, 3.63) is 60.3 Å². The van der Waals surface area contributed by atoms with Gasteiger partial charge in [0.15, 0.2) is 0 Å². The Morgan fingerprint density at radius 1 is 1.09 bits per heavy atom. The van der Waals surface area contributed by atoms with E-state index in [1.807, 2.05) is 19.2 Å². The van der Waals surface area contributed by atoms with Crippen molar-refractivity contribution < 1.29 is 4.74 Å². The second-order valence-corrected chi connectivity index (χ2v) is 5.50. The minimum absolute atomic E-state index is 0.646. The molecule has 0 aliphatic heterocycles. The molecule has 0 saturated heterocycles. The number of benzene rings is 2. The Hall–Kier alpha value is -2.59. The molecule has 2 N–H and O–H groups in total. The lowest BCUT2D eigenvalue weighted by Gasteiger charge is -2.13. The number of likely N-dealkylation sites (N-methyl/N-ethyl adjacent to an activating group) is 1. The van der Waals surface area contributed by atoms with Gasteiger partial charge in [-0.2, -0.15) is 5.10 Å². The van der Waals surface area contributed by atoms with Gasteiger partial charge in [-0.25, -0.2) is 0 Å². The van der Waals surface area contributed by atoms with Crippen LogP contribution in [0.15, 0.2) is 54.7 Å². The Morgan fingerprint density at radius 3 is 2.74 bits per heavy atom. The molecule has 4 heteroatoms. The zero-order chi connectivity index (χ0) is 16.1. The number of aromatic nitrogens is 2. The van der Waals surface area contributed by atoms with Crippen LogP contribution in [0.25, 0.3) is 22.4 Å². The summed E-state index contributed by atoms with van der Waals surface area (Å²) in [6.45, 7) is 3.56. The van der Waals surface area contributed by atoms with E-state index in [9.17, 15) is 0 Å². The van der Waals surface area contributed by atoms with Crippen molar-refractivity contribution in [1.82, 2.24) is 15.5 Å². The number of rotatable bonds is 6. The standard InChI is InChI=1S/C19H21N3O/c1-14-6-7-19(23-11-10-20-2)17(12-14)15-4-3-5-16(13-15)18-8-9-21-22-18/h3-9,12-13,20H,10-11H2,1-2H3,(H,21,22). The number of aryl methyl sites for hydroxylation is 1. The summed E-state index contributed by atoms with van der Waals surface area (Å²) in [6, 6.07) is 16.7. The van der Waals surface area contributed by atoms with Gasteiger partial charge in [0, 0.05) is 23.9 Å². The average Bonchev–Trinajstić information content (AvgIpc) is 3.11. The maximum absolute atomic E-state index is 5.93. The molecule has 0 amide bonds. The third-order valence-corrected chi connectivity index (χ3v) is 3.73. The summed E-state index contributed by atoms with van der Waals surface area (Å²) in [7, 11) is 1.92. The van der Waals surface area contributed by atoms with Gasteiger partial charge in [0.05, 0.1) is 5.69 Å². The van der Waals surface area contributed by atoms with Crippen molar-refractivity contribution in [1.29, 1.82) is 0 Å². The molecule has 0 aliphatic carbocycles. The number of H-pyrrole nitrogens is 1. The topological polar surface area (TPSA) is 49.9 Å². The first kappa shape index (κ1) is 15.3. The van der Waals surface area contributed by atoms with E-state index in [1.165, 1.54) is 5.56 Å². The summed E-state index contributed by atoms with van der Waals surface area (Å²) in [5, 5.41) is 10.1. The van der Waals surface area contributed by atoms with Crippen molar-refractivity contribution in [2.24, 2.45) is 0 Å². The SMILES string of the molecule is CNCCOc1ccc(C)cc1-c1cccc(-c2ccn[nH]2)c1. The van der Waals surface area contributed by atoms with E-state index in [0.29, 0.717) is 6.61 Å². The van der Waals surface area contributed by atoms with Crippen molar-refractivity contribution in [2.75, 3.05) is 20.2 Å². The molecule has 0 saturated carbocycles. The number of hydrogen-bond donors (Lipinski definition) is 2. The van der Waals surface area contributed by atoms with Crippen molar-refractivity contribution >= 4 is 0 Å². The van der Waals surface area contributed by atoms with Gasteiger partial charge in [0.2, 0.25) is 0 Å². The van der Waals surface area contributed by atoms with E-state index in [0.717, 1.165) is 34.7 Å². The lowest BCUT2D eigenvalue weighted by molar-refractivity contribution is 0.319. The number of nitrogens with zero attached hydrogens (tertiary/aromatic N) is 1. The van der Waals surface area contributed by atoms with Crippen LogP contribution in [0.4, 0.5) is 0 Å². The largest absolute Gasteiger partial charge is 0.492 e. The van der Waals surface area contributed by atoms with E-state index in [2.05, 4.69) is 58.8 Å². The predicted octanol–water partition coefficient (Wildman–Crippen LogP) is 3.65. The molecule has 0 atom stereocenters. The molecule has 0 fully saturated rings. The van der Waals surface area contributed by atoms with Gasteiger partial charge in [-0.05, 0) is 43.8 Å². The van der Waals surface area contributed by atoms with Crippen LogP contribution >= 0.6 is 0 Å². The summed E-state index contributed by atoms with van der Waals surface area (Å²) >= 11 is 0. The highest BCUT2D eigenvalue weighted by Gasteiger charge is 2.09. The molecule has 0 aliphatic rings. The monoisotopic (exact) mass is 307 g/mol.